The Morgan fingerprint density at radius 2 is 2.06 bits per heavy atom. The third-order valence-corrected chi connectivity index (χ3v) is 2.89. The summed E-state index contributed by atoms with van der Waals surface area (Å²) in [6.45, 7) is 0.589. The molecule has 2 rings (SSSR count). The molecule has 1 aromatic carbocycles. The second-order valence-corrected chi connectivity index (χ2v) is 4.30. The van der Waals surface area contributed by atoms with E-state index in [9.17, 15) is 4.79 Å². The van der Waals surface area contributed by atoms with Crippen molar-refractivity contribution in [1.82, 2.24) is 4.57 Å². The van der Waals surface area contributed by atoms with Gasteiger partial charge in [0.2, 0.25) is 5.91 Å². The lowest BCUT2D eigenvalue weighted by atomic mass is 10.1. The number of nitrogens with zero attached hydrogens (tertiary/aromatic N) is 1. The van der Waals surface area contributed by atoms with Crippen LogP contribution in [-0.2, 0) is 11.3 Å². The third-order valence-electron chi connectivity index (χ3n) is 2.65. The van der Waals surface area contributed by atoms with Crippen molar-refractivity contribution in [3.63, 3.8) is 0 Å². The maximum Gasteiger partial charge on any atom is 0.219 e. The van der Waals surface area contributed by atoms with Crippen molar-refractivity contribution in [3.05, 3.63) is 36.0 Å². The standard InChI is InChI=1S/C12H13N3OS/c13-11(16)4-6-15-5-3-8-7-9(12(14)17)1-2-10(8)15/h1-3,5,7H,4,6H2,(H2,13,16)(H2,14,17). The summed E-state index contributed by atoms with van der Waals surface area (Å²) in [4.78, 5) is 11.1. The molecule has 0 spiro atoms. The predicted octanol–water partition coefficient (Wildman–Crippen LogP) is 1.15. The molecule has 88 valence electrons. The molecule has 0 aliphatic heterocycles. The number of hydrogen-bond acceptors (Lipinski definition) is 2. The van der Waals surface area contributed by atoms with Crippen LogP contribution in [0, 0.1) is 0 Å². The summed E-state index contributed by atoms with van der Waals surface area (Å²) in [5.41, 5.74) is 12.6. The van der Waals surface area contributed by atoms with Gasteiger partial charge in [-0.05, 0) is 24.3 Å². The highest BCUT2D eigenvalue weighted by Crippen LogP contribution is 2.18. The molecule has 1 aromatic heterocycles. The van der Waals surface area contributed by atoms with E-state index < -0.39 is 0 Å². The monoisotopic (exact) mass is 247 g/mol. The molecule has 0 atom stereocenters. The second kappa shape index (κ2) is 4.55. The lowest BCUT2D eigenvalue weighted by molar-refractivity contribution is -0.118. The van der Waals surface area contributed by atoms with E-state index in [-0.39, 0.29) is 5.91 Å². The number of aryl methyl sites for hydroxylation is 1. The summed E-state index contributed by atoms with van der Waals surface area (Å²) < 4.78 is 1.99. The fraction of sp³-hybridized carbons (Fsp3) is 0.167. The zero-order valence-corrected chi connectivity index (χ0v) is 10.0. The maximum atomic E-state index is 10.7. The van der Waals surface area contributed by atoms with Crippen LogP contribution in [0.15, 0.2) is 30.5 Å². The normalized spacial score (nSPS) is 10.6. The summed E-state index contributed by atoms with van der Waals surface area (Å²) in [6, 6.07) is 7.74. The van der Waals surface area contributed by atoms with Gasteiger partial charge in [-0.15, -0.1) is 0 Å². The minimum atomic E-state index is -0.299. The first kappa shape index (κ1) is 11.6. The van der Waals surface area contributed by atoms with Gasteiger partial charge >= 0.3 is 0 Å². The van der Waals surface area contributed by atoms with Gasteiger partial charge in [-0.25, -0.2) is 0 Å². The van der Waals surface area contributed by atoms with Crippen molar-refractivity contribution in [1.29, 1.82) is 0 Å². The van der Waals surface area contributed by atoms with E-state index in [2.05, 4.69) is 0 Å². The Morgan fingerprint density at radius 1 is 1.29 bits per heavy atom. The number of thiocarbonyl (C=S) groups is 1. The highest BCUT2D eigenvalue weighted by molar-refractivity contribution is 7.80. The fourth-order valence-electron chi connectivity index (χ4n) is 1.78. The quantitative estimate of drug-likeness (QED) is 0.796. The van der Waals surface area contributed by atoms with Crippen LogP contribution >= 0.6 is 12.2 Å². The molecule has 0 radical (unpaired) electrons. The van der Waals surface area contributed by atoms with E-state index >= 15 is 0 Å². The number of rotatable bonds is 4. The van der Waals surface area contributed by atoms with Crippen LogP contribution in [-0.4, -0.2) is 15.5 Å². The summed E-state index contributed by atoms with van der Waals surface area (Å²) in [7, 11) is 0. The van der Waals surface area contributed by atoms with Crippen LogP contribution in [0.4, 0.5) is 0 Å². The minimum absolute atomic E-state index is 0.299. The number of amides is 1. The summed E-state index contributed by atoms with van der Waals surface area (Å²) in [5.74, 6) is -0.299. The van der Waals surface area contributed by atoms with Crippen molar-refractivity contribution in [2.75, 3.05) is 0 Å². The molecule has 4 nitrogen and oxygen atoms in total. The summed E-state index contributed by atoms with van der Waals surface area (Å²) in [6.07, 6.45) is 2.26. The Balaban J connectivity index is 2.34. The number of carbonyl (C=O) groups is 1. The maximum absolute atomic E-state index is 10.7. The molecule has 0 aliphatic carbocycles. The Bertz CT molecular complexity index is 588. The molecule has 0 aliphatic rings. The number of aromatic nitrogens is 1. The number of primary amides is 1. The van der Waals surface area contributed by atoms with Gasteiger partial charge in [0.25, 0.3) is 0 Å². The summed E-state index contributed by atoms with van der Waals surface area (Å²) >= 11 is 4.93. The number of fused-ring (bicyclic) bond motifs is 1. The van der Waals surface area contributed by atoms with Gasteiger partial charge in [0, 0.05) is 35.6 Å². The first-order chi connectivity index (χ1) is 8.08. The van der Waals surface area contributed by atoms with Gasteiger partial charge in [-0.3, -0.25) is 4.79 Å². The predicted molar refractivity (Wildman–Crippen MR) is 71.6 cm³/mol. The Labute approximate surface area is 104 Å². The van der Waals surface area contributed by atoms with Gasteiger partial charge in [0.05, 0.1) is 0 Å². The van der Waals surface area contributed by atoms with Crippen molar-refractivity contribution >= 4 is 34.0 Å². The SMILES string of the molecule is NC(=O)CCn1ccc2cc(C(N)=S)ccc21. The smallest absolute Gasteiger partial charge is 0.219 e. The first-order valence-electron chi connectivity index (χ1n) is 5.25. The van der Waals surface area contributed by atoms with Gasteiger partial charge in [-0.1, -0.05) is 12.2 Å². The summed E-state index contributed by atoms with van der Waals surface area (Å²) in [5, 5.41) is 1.06. The average Bonchev–Trinajstić information content (AvgIpc) is 2.68. The van der Waals surface area contributed by atoms with E-state index in [1.165, 1.54) is 0 Å². The topological polar surface area (TPSA) is 74.0 Å². The third kappa shape index (κ3) is 2.45. The highest BCUT2D eigenvalue weighted by atomic mass is 32.1. The molecular formula is C12H13N3OS. The van der Waals surface area contributed by atoms with E-state index in [1.54, 1.807) is 0 Å². The largest absolute Gasteiger partial charge is 0.389 e. The molecule has 0 saturated carbocycles. The second-order valence-electron chi connectivity index (χ2n) is 3.86. The molecule has 5 heteroatoms. The number of benzene rings is 1. The molecule has 0 fully saturated rings. The minimum Gasteiger partial charge on any atom is -0.389 e. The molecule has 0 saturated heterocycles. The van der Waals surface area contributed by atoms with Gasteiger partial charge < -0.3 is 16.0 Å². The van der Waals surface area contributed by atoms with Crippen molar-refractivity contribution in [3.8, 4) is 0 Å². The lowest BCUT2D eigenvalue weighted by Gasteiger charge is -2.04. The van der Waals surface area contributed by atoms with Crippen molar-refractivity contribution in [2.45, 2.75) is 13.0 Å². The first-order valence-corrected chi connectivity index (χ1v) is 5.66. The number of nitrogens with two attached hydrogens (primary N) is 2. The van der Waals surface area contributed by atoms with Gasteiger partial charge in [0.1, 0.15) is 4.99 Å². The van der Waals surface area contributed by atoms with Crippen LogP contribution < -0.4 is 11.5 Å². The van der Waals surface area contributed by atoms with E-state index in [0.717, 1.165) is 16.5 Å². The molecule has 0 unspecified atom stereocenters. The molecule has 1 amide bonds. The number of hydrogen-bond donors (Lipinski definition) is 2. The average molecular weight is 247 g/mol. The fourth-order valence-corrected chi connectivity index (χ4v) is 1.91. The molecule has 0 bridgehead atoms. The molecular weight excluding hydrogens is 234 g/mol. The van der Waals surface area contributed by atoms with E-state index in [0.29, 0.717) is 18.0 Å². The van der Waals surface area contributed by atoms with Crippen molar-refractivity contribution < 1.29 is 4.79 Å². The van der Waals surface area contributed by atoms with Gasteiger partial charge in [-0.2, -0.15) is 0 Å². The Hall–Kier alpha value is -1.88. The molecule has 4 N–H and O–H groups in total. The van der Waals surface area contributed by atoms with Crippen molar-refractivity contribution in [2.24, 2.45) is 11.5 Å². The molecule has 2 aromatic rings. The van der Waals surface area contributed by atoms with E-state index in [4.69, 9.17) is 23.7 Å². The molecule has 1 heterocycles. The zero-order valence-electron chi connectivity index (χ0n) is 9.22. The van der Waals surface area contributed by atoms with Gasteiger partial charge in [0.15, 0.2) is 0 Å². The lowest BCUT2D eigenvalue weighted by Crippen LogP contribution is -2.13. The van der Waals surface area contributed by atoms with Crippen LogP contribution in [0.25, 0.3) is 10.9 Å². The molecule has 17 heavy (non-hydrogen) atoms. The zero-order chi connectivity index (χ0) is 12.4. The van der Waals surface area contributed by atoms with Crippen LogP contribution in [0.1, 0.15) is 12.0 Å². The van der Waals surface area contributed by atoms with E-state index in [1.807, 2.05) is 35.0 Å². The van der Waals surface area contributed by atoms with Crippen LogP contribution in [0.2, 0.25) is 0 Å². The van der Waals surface area contributed by atoms with Crippen LogP contribution in [0.3, 0.4) is 0 Å². The van der Waals surface area contributed by atoms with Crippen LogP contribution in [0.5, 0.6) is 0 Å². The highest BCUT2D eigenvalue weighted by Gasteiger charge is 2.04. The Kier molecular flexibility index (Phi) is 3.10. The number of carbonyl (C=O) groups excluding carboxylic acids is 1. The Morgan fingerprint density at radius 3 is 2.71 bits per heavy atom.